The van der Waals surface area contributed by atoms with Gasteiger partial charge in [-0.1, -0.05) is 27.7 Å². The lowest BCUT2D eigenvalue weighted by Gasteiger charge is -2.26. The summed E-state index contributed by atoms with van der Waals surface area (Å²) in [5, 5.41) is 3.63. The Hall–Kier alpha value is -0.690. The Balaban J connectivity index is 2.25. The first-order valence-electron chi connectivity index (χ1n) is 6.04. The van der Waals surface area contributed by atoms with Gasteiger partial charge in [-0.3, -0.25) is 4.99 Å². The zero-order valence-corrected chi connectivity index (χ0v) is 13.4. The molecule has 20 heavy (non-hydrogen) atoms. The molecule has 0 fully saturated rings. The van der Waals surface area contributed by atoms with Crippen molar-refractivity contribution in [2.75, 3.05) is 11.1 Å². The highest BCUT2D eigenvalue weighted by Gasteiger charge is 2.33. The monoisotopic (exact) mass is 366 g/mol. The van der Waals surface area contributed by atoms with Gasteiger partial charge in [-0.05, 0) is 38.5 Å². The Morgan fingerprint density at radius 3 is 2.65 bits per heavy atom. The summed E-state index contributed by atoms with van der Waals surface area (Å²) >= 11 is 4.45. The Morgan fingerprint density at radius 2 is 2.05 bits per heavy atom. The number of amidine groups is 1. The first-order chi connectivity index (χ1) is 9.17. The zero-order chi connectivity index (χ0) is 15.0. The number of rotatable bonds is 1. The number of hydrogen-bond donors (Lipinski definition) is 1. The molecule has 0 spiro atoms. The van der Waals surface area contributed by atoms with Gasteiger partial charge >= 0.3 is 6.18 Å². The van der Waals surface area contributed by atoms with Crippen LogP contribution in [-0.2, 0) is 6.18 Å². The zero-order valence-electron chi connectivity index (χ0n) is 11.0. The van der Waals surface area contributed by atoms with Crippen LogP contribution in [0.1, 0.15) is 25.8 Å². The molecule has 2 nitrogen and oxygen atoms in total. The molecule has 1 heterocycles. The van der Waals surface area contributed by atoms with Gasteiger partial charge in [0.1, 0.15) is 0 Å². The fraction of sp³-hybridized carbons (Fsp3) is 0.462. The summed E-state index contributed by atoms with van der Waals surface area (Å²) in [7, 11) is 0. The molecule has 7 heteroatoms. The Morgan fingerprint density at radius 1 is 1.35 bits per heavy atom. The van der Waals surface area contributed by atoms with Gasteiger partial charge in [0, 0.05) is 15.9 Å². The highest BCUT2D eigenvalue weighted by molar-refractivity contribution is 9.10. The molecule has 0 radical (unpaired) electrons. The van der Waals surface area contributed by atoms with E-state index in [1.165, 1.54) is 17.8 Å². The molecular weight excluding hydrogens is 353 g/mol. The number of thioether (sulfide) groups is 1. The summed E-state index contributed by atoms with van der Waals surface area (Å²) in [6, 6.07) is 4.09. The molecule has 2 rings (SSSR count). The number of nitrogens with one attached hydrogen (secondary N) is 1. The number of nitrogens with zero attached hydrogens (tertiary/aromatic N) is 1. The number of hydrogen-bond acceptors (Lipinski definition) is 3. The van der Waals surface area contributed by atoms with Crippen LogP contribution in [0.15, 0.2) is 27.7 Å². The lowest BCUT2D eigenvalue weighted by molar-refractivity contribution is -0.138. The van der Waals surface area contributed by atoms with Crippen LogP contribution in [0.25, 0.3) is 0 Å². The van der Waals surface area contributed by atoms with Gasteiger partial charge in [-0.25, -0.2) is 0 Å². The molecule has 110 valence electrons. The van der Waals surface area contributed by atoms with Gasteiger partial charge in [-0.15, -0.1) is 0 Å². The van der Waals surface area contributed by atoms with Crippen molar-refractivity contribution >= 4 is 38.5 Å². The van der Waals surface area contributed by atoms with Crippen molar-refractivity contribution in [1.82, 2.24) is 0 Å². The van der Waals surface area contributed by atoms with E-state index in [2.05, 4.69) is 26.2 Å². The smallest absolute Gasteiger partial charge is 0.335 e. The average molecular weight is 367 g/mol. The van der Waals surface area contributed by atoms with E-state index in [1.54, 1.807) is 6.07 Å². The number of aliphatic imine (C=N–C) groups is 1. The standard InChI is InChI=1S/C13H14BrF3N2S/c1-12(2)5-6-20-11(19-12)18-8-3-4-10(14)9(7-8)13(15,16)17/h3-4,7H,5-6H2,1-2H3,(H,18,19). The highest BCUT2D eigenvalue weighted by Crippen LogP contribution is 2.36. The number of halogens is 4. The van der Waals surface area contributed by atoms with Gasteiger partial charge in [0.15, 0.2) is 5.17 Å². The molecule has 0 saturated carbocycles. The molecule has 0 aromatic heterocycles. The minimum absolute atomic E-state index is 0.0362. The Bertz CT molecular complexity index is 541. The van der Waals surface area contributed by atoms with Crippen molar-refractivity contribution in [2.45, 2.75) is 32.0 Å². The van der Waals surface area contributed by atoms with E-state index < -0.39 is 11.7 Å². The first-order valence-corrected chi connectivity index (χ1v) is 7.82. The third-order valence-corrected chi connectivity index (χ3v) is 4.45. The van der Waals surface area contributed by atoms with Gasteiger partial charge in [-0.2, -0.15) is 13.2 Å². The van der Waals surface area contributed by atoms with E-state index >= 15 is 0 Å². The second kappa shape index (κ2) is 5.60. The number of alkyl halides is 3. The SMILES string of the molecule is CC1(C)CCSC(Nc2ccc(Br)c(C(F)(F)F)c2)=N1. The molecule has 0 amide bonds. The maximum atomic E-state index is 12.8. The average Bonchev–Trinajstić information content (AvgIpc) is 2.29. The molecule has 1 aliphatic heterocycles. The largest absolute Gasteiger partial charge is 0.417 e. The van der Waals surface area contributed by atoms with E-state index in [0.717, 1.165) is 18.2 Å². The normalized spacial score (nSPS) is 18.6. The van der Waals surface area contributed by atoms with Crippen LogP contribution in [0.2, 0.25) is 0 Å². The van der Waals surface area contributed by atoms with Crippen molar-refractivity contribution in [2.24, 2.45) is 4.99 Å². The molecule has 0 saturated heterocycles. The van der Waals surface area contributed by atoms with Crippen molar-refractivity contribution in [3.63, 3.8) is 0 Å². The van der Waals surface area contributed by atoms with E-state index in [0.29, 0.717) is 10.9 Å². The van der Waals surface area contributed by atoms with Crippen LogP contribution in [0.4, 0.5) is 18.9 Å². The second-order valence-corrected chi connectivity index (χ2v) is 7.08. The summed E-state index contributed by atoms with van der Waals surface area (Å²) in [4.78, 5) is 4.50. The fourth-order valence-corrected chi connectivity index (χ4v) is 3.54. The van der Waals surface area contributed by atoms with Crippen molar-refractivity contribution < 1.29 is 13.2 Å². The van der Waals surface area contributed by atoms with Crippen LogP contribution in [0.3, 0.4) is 0 Å². The fourth-order valence-electron chi connectivity index (χ4n) is 1.77. The van der Waals surface area contributed by atoms with E-state index in [9.17, 15) is 13.2 Å². The van der Waals surface area contributed by atoms with Crippen LogP contribution in [0, 0.1) is 0 Å². The third kappa shape index (κ3) is 3.91. The summed E-state index contributed by atoms with van der Waals surface area (Å²) in [5.74, 6) is 0.904. The minimum atomic E-state index is -4.38. The van der Waals surface area contributed by atoms with Gasteiger partial charge < -0.3 is 5.32 Å². The molecular formula is C13H14BrF3N2S. The summed E-state index contributed by atoms with van der Waals surface area (Å²) in [5.41, 5.74) is -0.469. The van der Waals surface area contributed by atoms with Crippen LogP contribution >= 0.6 is 27.7 Å². The Labute approximate surface area is 128 Å². The molecule has 0 atom stereocenters. The summed E-state index contributed by atoms with van der Waals surface area (Å²) in [6.45, 7) is 4.02. The highest BCUT2D eigenvalue weighted by atomic mass is 79.9. The van der Waals surface area contributed by atoms with Gasteiger partial charge in [0.25, 0.3) is 0 Å². The lowest BCUT2D eigenvalue weighted by atomic mass is 10.0. The number of anilines is 1. The lowest BCUT2D eigenvalue weighted by Crippen LogP contribution is -2.27. The molecule has 1 aromatic carbocycles. The van der Waals surface area contributed by atoms with Crippen LogP contribution in [0.5, 0.6) is 0 Å². The van der Waals surface area contributed by atoms with Crippen LogP contribution < -0.4 is 5.32 Å². The first kappa shape index (κ1) is 15.7. The van der Waals surface area contributed by atoms with Crippen molar-refractivity contribution in [1.29, 1.82) is 0 Å². The maximum Gasteiger partial charge on any atom is 0.417 e. The maximum absolute atomic E-state index is 12.8. The van der Waals surface area contributed by atoms with E-state index in [-0.39, 0.29) is 10.0 Å². The molecule has 1 N–H and O–H groups in total. The quantitative estimate of drug-likeness (QED) is 0.742. The molecule has 1 aliphatic rings. The second-order valence-electron chi connectivity index (χ2n) is 5.15. The third-order valence-electron chi connectivity index (χ3n) is 2.88. The summed E-state index contributed by atoms with van der Waals surface area (Å²) in [6.07, 6.45) is -3.42. The molecule has 0 aliphatic carbocycles. The van der Waals surface area contributed by atoms with E-state index in [4.69, 9.17) is 0 Å². The van der Waals surface area contributed by atoms with Gasteiger partial charge in [0.05, 0.1) is 11.1 Å². The molecule has 0 bridgehead atoms. The minimum Gasteiger partial charge on any atom is -0.335 e. The summed E-state index contributed by atoms with van der Waals surface area (Å²) < 4.78 is 38.5. The molecule has 0 unspecified atom stereocenters. The predicted molar refractivity (Wildman–Crippen MR) is 81.4 cm³/mol. The Kier molecular flexibility index (Phi) is 4.39. The number of benzene rings is 1. The van der Waals surface area contributed by atoms with Crippen molar-refractivity contribution in [3.8, 4) is 0 Å². The van der Waals surface area contributed by atoms with Crippen molar-refractivity contribution in [3.05, 3.63) is 28.2 Å². The van der Waals surface area contributed by atoms with E-state index in [1.807, 2.05) is 13.8 Å². The topological polar surface area (TPSA) is 24.4 Å². The molecule has 1 aromatic rings. The predicted octanol–water partition coefficient (Wildman–Crippen LogP) is 5.15. The van der Waals surface area contributed by atoms with Gasteiger partial charge in [0.2, 0.25) is 0 Å². The van der Waals surface area contributed by atoms with Crippen LogP contribution in [-0.4, -0.2) is 16.5 Å².